The van der Waals surface area contributed by atoms with E-state index in [-0.39, 0.29) is 12.4 Å². The van der Waals surface area contributed by atoms with Crippen molar-refractivity contribution in [2.45, 2.75) is 6.42 Å². The van der Waals surface area contributed by atoms with Gasteiger partial charge in [-0.05, 0) is 30.2 Å². The van der Waals surface area contributed by atoms with Crippen LogP contribution in [0.5, 0.6) is 5.75 Å². The van der Waals surface area contributed by atoms with Crippen molar-refractivity contribution in [2.75, 3.05) is 6.61 Å². The Balaban J connectivity index is 2.81. The third kappa shape index (κ3) is 3.09. The van der Waals surface area contributed by atoms with Crippen molar-refractivity contribution in [1.29, 1.82) is 0 Å². The van der Waals surface area contributed by atoms with Gasteiger partial charge in [0.1, 0.15) is 5.75 Å². The highest BCUT2D eigenvalue weighted by Gasteiger charge is 1.96. The number of hydrogen-bond acceptors (Lipinski definition) is 2. The van der Waals surface area contributed by atoms with Gasteiger partial charge < -0.3 is 10.2 Å². The second-order valence-corrected chi connectivity index (χ2v) is 3.03. The molecule has 0 bridgehead atoms. The first-order chi connectivity index (χ1) is 6.24. The Labute approximate surface area is 82.1 Å². The van der Waals surface area contributed by atoms with Gasteiger partial charge in [-0.2, -0.15) is 0 Å². The van der Waals surface area contributed by atoms with Crippen molar-refractivity contribution in [3.8, 4) is 5.75 Å². The first-order valence-corrected chi connectivity index (χ1v) is 4.38. The van der Waals surface area contributed by atoms with Gasteiger partial charge in [0, 0.05) is 11.6 Å². The van der Waals surface area contributed by atoms with Crippen LogP contribution in [0.25, 0.3) is 6.08 Å². The summed E-state index contributed by atoms with van der Waals surface area (Å²) in [5, 5.41) is 18.3. The number of hydrogen-bond donors (Lipinski definition) is 2. The van der Waals surface area contributed by atoms with Crippen molar-refractivity contribution < 1.29 is 10.2 Å². The van der Waals surface area contributed by atoms with Gasteiger partial charge in [-0.15, -0.1) is 0 Å². The van der Waals surface area contributed by atoms with E-state index in [0.29, 0.717) is 11.4 Å². The molecule has 2 nitrogen and oxygen atoms in total. The highest BCUT2D eigenvalue weighted by atomic mass is 35.5. The van der Waals surface area contributed by atoms with E-state index in [9.17, 15) is 0 Å². The molecule has 0 aromatic heterocycles. The zero-order valence-electron chi connectivity index (χ0n) is 7.07. The lowest BCUT2D eigenvalue weighted by atomic mass is 10.2. The molecule has 1 rings (SSSR count). The molecule has 0 saturated carbocycles. The molecule has 0 unspecified atom stereocenters. The standard InChI is InChI=1S/C10H11ClO2/c11-10-5-4-9(13)7-8(10)3-1-2-6-12/h1,3-5,7,12-13H,2,6H2. The minimum Gasteiger partial charge on any atom is -0.508 e. The molecule has 70 valence electrons. The van der Waals surface area contributed by atoms with Crippen molar-refractivity contribution >= 4 is 17.7 Å². The number of phenolic OH excluding ortho intramolecular Hbond substituents is 1. The van der Waals surface area contributed by atoms with E-state index in [1.165, 1.54) is 6.07 Å². The van der Waals surface area contributed by atoms with Gasteiger partial charge >= 0.3 is 0 Å². The number of aliphatic hydroxyl groups excluding tert-OH is 1. The summed E-state index contributed by atoms with van der Waals surface area (Å²) >= 11 is 5.85. The molecule has 0 fully saturated rings. The molecular formula is C10H11ClO2. The van der Waals surface area contributed by atoms with Crippen LogP contribution < -0.4 is 0 Å². The average molecular weight is 199 g/mol. The predicted octanol–water partition coefficient (Wildman–Crippen LogP) is 2.44. The van der Waals surface area contributed by atoms with Crippen LogP contribution in [0.2, 0.25) is 5.02 Å². The fourth-order valence-electron chi connectivity index (χ4n) is 0.944. The lowest BCUT2D eigenvalue weighted by molar-refractivity contribution is 0.303. The van der Waals surface area contributed by atoms with Gasteiger partial charge in [0.25, 0.3) is 0 Å². The minimum atomic E-state index is 0.118. The normalized spacial score (nSPS) is 10.9. The molecule has 0 aliphatic carbocycles. The van der Waals surface area contributed by atoms with Gasteiger partial charge in [-0.3, -0.25) is 0 Å². The van der Waals surface area contributed by atoms with Crippen LogP contribution in [0.3, 0.4) is 0 Å². The van der Waals surface area contributed by atoms with Gasteiger partial charge in [-0.25, -0.2) is 0 Å². The van der Waals surface area contributed by atoms with Crippen LogP contribution in [0.15, 0.2) is 24.3 Å². The second-order valence-electron chi connectivity index (χ2n) is 2.62. The molecule has 0 radical (unpaired) electrons. The number of aliphatic hydroxyl groups is 1. The second kappa shape index (κ2) is 4.90. The Morgan fingerprint density at radius 1 is 1.38 bits per heavy atom. The summed E-state index contributed by atoms with van der Waals surface area (Å²) in [7, 11) is 0. The molecule has 13 heavy (non-hydrogen) atoms. The summed E-state index contributed by atoms with van der Waals surface area (Å²) in [6.07, 6.45) is 4.17. The molecule has 2 N–H and O–H groups in total. The molecule has 0 aliphatic heterocycles. The maximum atomic E-state index is 9.15. The monoisotopic (exact) mass is 198 g/mol. The lowest BCUT2D eigenvalue weighted by Crippen LogP contribution is -1.77. The van der Waals surface area contributed by atoms with Crippen LogP contribution in [0, 0.1) is 0 Å². The first kappa shape index (κ1) is 10.1. The smallest absolute Gasteiger partial charge is 0.116 e. The average Bonchev–Trinajstić information content (AvgIpc) is 2.11. The van der Waals surface area contributed by atoms with Gasteiger partial charge in [-0.1, -0.05) is 23.8 Å². The quantitative estimate of drug-likeness (QED) is 0.783. The number of phenols is 1. The zero-order valence-corrected chi connectivity index (χ0v) is 7.83. The summed E-state index contributed by atoms with van der Waals surface area (Å²) in [5.74, 6) is 0.188. The summed E-state index contributed by atoms with van der Waals surface area (Å²) in [6, 6.07) is 4.75. The van der Waals surface area contributed by atoms with E-state index in [1.807, 2.05) is 0 Å². The largest absolute Gasteiger partial charge is 0.508 e. The van der Waals surface area contributed by atoms with Crippen molar-refractivity contribution in [2.24, 2.45) is 0 Å². The number of aromatic hydroxyl groups is 1. The van der Waals surface area contributed by atoms with Crippen molar-refractivity contribution in [1.82, 2.24) is 0 Å². The van der Waals surface area contributed by atoms with Crippen LogP contribution in [-0.2, 0) is 0 Å². The van der Waals surface area contributed by atoms with E-state index < -0.39 is 0 Å². The molecular weight excluding hydrogens is 188 g/mol. The third-order valence-corrected chi connectivity index (χ3v) is 1.92. The highest BCUT2D eigenvalue weighted by molar-refractivity contribution is 6.32. The SMILES string of the molecule is OCCC=Cc1cc(O)ccc1Cl. The maximum absolute atomic E-state index is 9.15. The molecule has 1 aromatic rings. The van der Waals surface area contributed by atoms with E-state index in [4.69, 9.17) is 21.8 Å². The molecule has 0 amide bonds. The van der Waals surface area contributed by atoms with Crippen LogP contribution in [0.4, 0.5) is 0 Å². The third-order valence-electron chi connectivity index (χ3n) is 1.57. The molecule has 1 aromatic carbocycles. The lowest BCUT2D eigenvalue weighted by Gasteiger charge is -1.98. The summed E-state index contributed by atoms with van der Waals surface area (Å²) in [5.41, 5.74) is 0.759. The predicted molar refractivity (Wildman–Crippen MR) is 53.9 cm³/mol. The van der Waals surface area contributed by atoms with E-state index in [1.54, 1.807) is 24.3 Å². The van der Waals surface area contributed by atoms with Crippen LogP contribution >= 0.6 is 11.6 Å². The fourth-order valence-corrected chi connectivity index (χ4v) is 1.12. The Morgan fingerprint density at radius 2 is 2.15 bits per heavy atom. The Bertz CT molecular complexity index is 308. The van der Waals surface area contributed by atoms with Gasteiger partial charge in [0.15, 0.2) is 0 Å². The van der Waals surface area contributed by atoms with Crippen LogP contribution in [-0.4, -0.2) is 16.8 Å². The molecule has 0 spiro atoms. The summed E-state index contributed by atoms with van der Waals surface area (Å²) < 4.78 is 0. The van der Waals surface area contributed by atoms with E-state index in [0.717, 1.165) is 5.56 Å². The Kier molecular flexibility index (Phi) is 3.80. The van der Waals surface area contributed by atoms with E-state index in [2.05, 4.69) is 0 Å². The molecule has 0 atom stereocenters. The first-order valence-electron chi connectivity index (χ1n) is 4.00. The molecule has 0 aliphatic rings. The topological polar surface area (TPSA) is 40.5 Å². The fraction of sp³-hybridized carbons (Fsp3) is 0.200. The molecule has 3 heteroatoms. The summed E-state index contributed by atoms with van der Waals surface area (Å²) in [6.45, 7) is 0.118. The van der Waals surface area contributed by atoms with Crippen molar-refractivity contribution in [3.63, 3.8) is 0 Å². The Hall–Kier alpha value is -0.990. The number of rotatable bonds is 3. The van der Waals surface area contributed by atoms with Gasteiger partial charge in [0.2, 0.25) is 0 Å². The zero-order chi connectivity index (χ0) is 9.68. The summed E-state index contributed by atoms with van der Waals surface area (Å²) in [4.78, 5) is 0. The minimum absolute atomic E-state index is 0.118. The van der Waals surface area contributed by atoms with Crippen LogP contribution in [0.1, 0.15) is 12.0 Å². The van der Waals surface area contributed by atoms with E-state index >= 15 is 0 Å². The molecule has 0 heterocycles. The van der Waals surface area contributed by atoms with Crippen molar-refractivity contribution in [3.05, 3.63) is 34.9 Å². The molecule has 0 saturated heterocycles. The Morgan fingerprint density at radius 3 is 2.85 bits per heavy atom. The highest BCUT2D eigenvalue weighted by Crippen LogP contribution is 2.22. The van der Waals surface area contributed by atoms with Gasteiger partial charge in [0.05, 0.1) is 0 Å². The number of halogens is 1. The maximum Gasteiger partial charge on any atom is 0.116 e. The number of benzene rings is 1.